The molecule has 132 valence electrons. The van der Waals surface area contributed by atoms with Gasteiger partial charge in [-0.25, -0.2) is 4.98 Å². The van der Waals surface area contributed by atoms with Crippen molar-refractivity contribution < 1.29 is 9.53 Å². The maximum absolute atomic E-state index is 12.4. The van der Waals surface area contributed by atoms with Gasteiger partial charge in [0.2, 0.25) is 5.91 Å². The van der Waals surface area contributed by atoms with Crippen LogP contribution in [0.25, 0.3) is 11.3 Å². The molecule has 1 aliphatic rings. The summed E-state index contributed by atoms with van der Waals surface area (Å²) in [5.74, 6) is 0.928. The topological polar surface area (TPSA) is 51.2 Å². The van der Waals surface area contributed by atoms with Crippen LogP contribution >= 0.6 is 11.3 Å². The van der Waals surface area contributed by atoms with Crippen LogP contribution in [0.5, 0.6) is 5.75 Å². The molecule has 5 heteroatoms. The molecule has 26 heavy (non-hydrogen) atoms. The fourth-order valence-corrected chi connectivity index (χ4v) is 3.96. The zero-order valence-corrected chi connectivity index (χ0v) is 15.7. The van der Waals surface area contributed by atoms with Crippen molar-refractivity contribution >= 4 is 22.9 Å². The number of nitrogens with one attached hydrogen (secondary N) is 1. The fraction of sp³-hybridized carbons (Fsp3) is 0.238. The van der Waals surface area contributed by atoms with Crippen LogP contribution in [0.4, 0.5) is 5.69 Å². The van der Waals surface area contributed by atoms with Crippen molar-refractivity contribution in [3.05, 3.63) is 63.5 Å². The molecule has 0 unspecified atom stereocenters. The lowest BCUT2D eigenvalue weighted by Crippen LogP contribution is -2.15. The Morgan fingerprint density at radius 3 is 2.96 bits per heavy atom. The zero-order valence-electron chi connectivity index (χ0n) is 14.8. The number of carbonyl (C=O) groups is 1. The molecule has 3 aromatic rings. The smallest absolute Gasteiger partial charge is 0.231 e. The van der Waals surface area contributed by atoms with E-state index in [0.29, 0.717) is 0 Å². The molecule has 1 aromatic heterocycles. The lowest BCUT2D eigenvalue weighted by molar-refractivity contribution is -0.115. The number of aromatic nitrogens is 1. The average molecular weight is 364 g/mol. The Labute approximate surface area is 156 Å². The highest BCUT2D eigenvalue weighted by atomic mass is 32.1. The highest BCUT2D eigenvalue weighted by molar-refractivity contribution is 7.10. The van der Waals surface area contributed by atoms with Crippen molar-refractivity contribution in [3.8, 4) is 17.0 Å². The number of nitrogens with zero attached hydrogens (tertiary/aromatic N) is 1. The summed E-state index contributed by atoms with van der Waals surface area (Å²) in [5.41, 5.74) is 6.33. The second kappa shape index (κ2) is 6.92. The SMILES string of the molecule is Cc1ccc(NC(=O)Cc2nc(-c3ccc4c(c3)CCO4)cs2)c(C)c1. The van der Waals surface area contributed by atoms with E-state index >= 15 is 0 Å². The molecule has 4 nitrogen and oxygen atoms in total. The van der Waals surface area contributed by atoms with Crippen LogP contribution in [0.3, 0.4) is 0 Å². The summed E-state index contributed by atoms with van der Waals surface area (Å²) in [6.45, 7) is 4.79. The molecule has 0 atom stereocenters. The normalized spacial score (nSPS) is 12.5. The van der Waals surface area contributed by atoms with Crippen LogP contribution in [-0.2, 0) is 17.6 Å². The zero-order chi connectivity index (χ0) is 18.1. The number of carbonyl (C=O) groups excluding carboxylic acids is 1. The quantitative estimate of drug-likeness (QED) is 0.739. The number of fused-ring (bicyclic) bond motifs is 1. The number of anilines is 1. The van der Waals surface area contributed by atoms with Crippen molar-refractivity contribution in [2.24, 2.45) is 0 Å². The van der Waals surface area contributed by atoms with Crippen LogP contribution in [-0.4, -0.2) is 17.5 Å². The van der Waals surface area contributed by atoms with Crippen molar-refractivity contribution in [1.29, 1.82) is 0 Å². The minimum Gasteiger partial charge on any atom is -0.493 e. The third-order valence-corrected chi connectivity index (χ3v) is 5.35. The molecular weight excluding hydrogens is 344 g/mol. The number of thiazole rings is 1. The van der Waals surface area contributed by atoms with Gasteiger partial charge in [0.15, 0.2) is 0 Å². The molecule has 0 aliphatic carbocycles. The molecule has 0 saturated carbocycles. The summed E-state index contributed by atoms with van der Waals surface area (Å²) >= 11 is 1.52. The number of amides is 1. The Bertz CT molecular complexity index is 978. The highest BCUT2D eigenvalue weighted by Crippen LogP contribution is 2.31. The van der Waals surface area contributed by atoms with Gasteiger partial charge in [0.05, 0.1) is 18.7 Å². The Morgan fingerprint density at radius 1 is 1.23 bits per heavy atom. The summed E-state index contributed by atoms with van der Waals surface area (Å²) in [5, 5.41) is 5.81. The van der Waals surface area contributed by atoms with Gasteiger partial charge >= 0.3 is 0 Å². The minimum absolute atomic E-state index is 0.0415. The lowest BCUT2D eigenvalue weighted by atomic mass is 10.1. The second-order valence-electron chi connectivity index (χ2n) is 6.59. The van der Waals surface area contributed by atoms with Gasteiger partial charge in [-0.05, 0) is 49.2 Å². The predicted molar refractivity (Wildman–Crippen MR) is 105 cm³/mol. The lowest BCUT2D eigenvalue weighted by Gasteiger charge is -2.08. The summed E-state index contributed by atoms with van der Waals surface area (Å²) in [4.78, 5) is 17.0. The monoisotopic (exact) mass is 364 g/mol. The van der Waals surface area contributed by atoms with Crippen molar-refractivity contribution in [1.82, 2.24) is 4.98 Å². The number of aryl methyl sites for hydroxylation is 2. The first kappa shape index (κ1) is 16.8. The Morgan fingerprint density at radius 2 is 2.12 bits per heavy atom. The van der Waals surface area contributed by atoms with E-state index in [2.05, 4.69) is 22.4 Å². The molecule has 0 saturated heterocycles. The fourth-order valence-electron chi connectivity index (χ4n) is 3.16. The van der Waals surface area contributed by atoms with Gasteiger partial charge in [-0.2, -0.15) is 0 Å². The van der Waals surface area contributed by atoms with Crippen molar-refractivity contribution in [3.63, 3.8) is 0 Å². The molecule has 1 N–H and O–H groups in total. The number of hydrogen-bond donors (Lipinski definition) is 1. The first-order valence-electron chi connectivity index (χ1n) is 8.66. The van der Waals surface area contributed by atoms with E-state index < -0.39 is 0 Å². The minimum atomic E-state index is -0.0415. The van der Waals surface area contributed by atoms with E-state index in [1.54, 1.807) is 0 Å². The van der Waals surface area contributed by atoms with E-state index in [4.69, 9.17) is 4.74 Å². The second-order valence-corrected chi connectivity index (χ2v) is 7.53. The molecule has 1 aliphatic heterocycles. The van der Waals surface area contributed by atoms with Crippen LogP contribution in [0, 0.1) is 13.8 Å². The Balaban J connectivity index is 1.45. The summed E-state index contributed by atoms with van der Waals surface area (Å²) in [7, 11) is 0. The van der Waals surface area contributed by atoms with Gasteiger partial charge in [-0.3, -0.25) is 4.79 Å². The van der Waals surface area contributed by atoms with Crippen LogP contribution in [0.15, 0.2) is 41.8 Å². The molecule has 0 radical (unpaired) electrons. The predicted octanol–water partition coefficient (Wildman–Crippen LogP) is 4.54. The first-order valence-corrected chi connectivity index (χ1v) is 9.54. The molecule has 0 bridgehead atoms. The van der Waals surface area contributed by atoms with E-state index in [9.17, 15) is 4.79 Å². The third kappa shape index (κ3) is 3.48. The molecule has 2 aromatic carbocycles. The molecule has 0 fully saturated rings. The number of benzene rings is 2. The van der Waals surface area contributed by atoms with Gasteiger partial charge in [-0.15, -0.1) is 11.3 Å². The molecule has 4 rings (SSSR count). The van der Waals surface area contributed by atoms with E-state index in [0.717, 1.165) is 46.3 Å². The van der Waals surface area contributed by atoms with E-state index in [-0.39, 0.29) is 12.3 Å². The molecule has 1 amide bonds. The Hall–Kier alpha value is -2.66. The van der Waals surface area contributed by atoms with Crippen LogP contribution in [0.2, 0.25) is 0 Å². The molecular formula is C21H20N2O2S. The van der Waals surface area contributed by atoms with Gasteiger partial charge in [0.25, 0.3) is 0 Å². The van der Waals surface area contributed by atoms with Crippen molar-refractivity contribution in [2.75, 3.05) is 11.9 Å². The van der Waals surface area contributed by atoms with Crippen LogP contribution < -0.4 is 10.1 Å². The summed E-state index contributed by atoms with van der Waals surface area (Å²) in [6.07, 6.45) is 1.23. The van der Waals surface area contributed by atoms with E-state index in [1.807, 2.05) is 43.5 Å². The largest absolute Gasteiger partial charge is 0.493 e. The van der Waals surface area contributed by atoms with Crippen molar-refractivity contribution in [2.45, 2.75) is 26.7 Å². The summed E-state index contributed by atoms with van der Waals surface area (Å²) < 4.78 is 5.55. The number of rotatable bonds is 4. The average Bonchev–Trinajstić information content (AvgIpc) is 3.25. The number of ether oxygens (including phenoxy) is 1. The van der Waals surface area contributed by atoms with E-state index in [1.165, 1.54) is 22.5 Å². The molecule has 2 heterocycles. The maximum atomic E-state index is 12.4. The first-order chi connectivity index (χ1) is 12.6. The van der Waals surface area contributed by atoms with Gasteiger partial charge in [0.1, 0.15) is 10.8 Å². The number of hydrogen-bond acceptors (Lipinski definition) is 4. The third-order valence-electron chi connectivity index (χ3n) is 4.50. The van der Waals surface area contributed by atoms with Crippen LogP contribution in [0.1, 0.15) is 21.7 Å². The standard InChI is InChI=1S/C21H20N2O2S/c1-13-3-5-17(14(2)9-13)22-20(24)11-21-23-18(12-26-21)15-4-6-19-16(10-15)7-8-25-19/h3-6,9-10,12H,7-8,11H2,1-2H3,(H,22,24). The van der Waals surface area contributed by atoms with Gasteiger partial charge in [-0.1, -0.05) is 17.7 Å². The summed E-state index contributed by atoms with van der Waals surface area (Å²) in [6, 6.07) is 12.2. The Kier molecular flexibility index (Phi) is 4.47. The molecule has 0 spiro atoms. The maximum Gasteiger partial charge on any atom is 0.231 e. The van der Waals surface area contributed by atoms with Gasteiger partial charge < -0.3 is 10.1 Å². The van der Waals surface area contributed by atoms with Gasteiger partial charge in [0, 0.05) is 23.1 Å². The highest BCUT2D eigenvalue weighted by Gasteiger charge is 2.15.